The van der Waals surface area contributed by atoms with Crippen LogP contribution in [-0.2, 0) is 6.42 Å². The minimum atomic E-state index is 0.197. The van der Waals surface area contributed by atoms with Crippen molar-refractivity contribution >= 4 is 27.3 Å². The Morgan fingerprint density at radius 1 is 1.33 bits per heavy atom. The molecule has 1 heterocycles. The summed E-state index contributed by atoms with van der Waals surface area (Å²) >= 11 is 5.36. The van der Waals surface area contributed by atoms with Crippen LogP contribution in [0.2, 0.25) is 0 Å². The summed E-state index contributed by atoms with van der Waals surface area (Å²) in [5.41, 5.74) is 5.92. The maximum atomic E-state index is 5.81. The summed E-state index contributed by atoms with van der Waals surface area (Å²) in [5.74, 6) is 6.28. The van der Waals surface area contributed by atoms with E-state index in [0.717, 1.165) is 10.9 Å². The van der Waals surface area contributed by atoms with E-state index in [1.165, 1.54) is 22.4 Å². The molecule has 2 atom stereocenters. The lowest BCUT2D eigenvalue weighted by Gasteiger charge is -2.23. The standard InChI is InChI=1S/C14H15BrN2S/c15-12-7-8-18-14(12)13(17-16)11-6-5-9-3-1-2-4-10(9)11/h1-4,7-8,11,13,17H,5-6,16H2. The molecule has 1 aromatic heterocycles. The molecule has 0 fully saturated rings. The van der Waals surface area contributed by atoms with Crippen molar-refractivity contribution < 1.29 is 0 Å². The fourth-order valence-electron chi connectivity index (χ4n) is 2.84. The number of thiophene rings is 1. The number of fused-ring (bicyclic) bond motifs is 1. The van der Waals surface area contributed by atoms with Gasteiger partial charge in [-0.25, -0.2) is 0 Å². The van der Waals surface area contributed by atoms with Crippen LogP contribution in [0.4, 0.5) is 0 Å². The number of hydrogen-bond donors (Lipinski definition) is 2. The number of nitrogens with one attached hydrogen (secondary N) is 1. The van der Waals surface area contributed by atoms with E-state index in [4.69, 9.17) is 5.84 Å². The molecule has 3 N–H and O–H groups in total. The normalized spacial score (nSPS) is 19.8. The van der Waals surface area contributed by atoms with Crippen LogP contribution in [0.15, 0.2) is 40.2 Å². The minimum absolute atomic E-state index is 0.197. The first kappa shape index (κ1) is 12.4. The Hall–Kier alpha value is -0.680. The van der Waals surface area contributed by atoms with Gasteiger partial charge in [0.25, 0.3) is 0 Å². The molecule has 0 spiro atoms. The average Bonchev–Trinajstić information content (AvgIpc) is 2.99. The van der Waals surface area contributed by atoms with E-state index >= 15 is 0 Å². The first-order valence-electron chi connectivity index (χ1n) is 6.08. The maximum Gasteiger partial charge on any atom is 0.0633 e. The second-order valence-electron chi connectivity index (χ2n) is 4.62. The fraction of sp³-hybridized carbons (Fsp3) is 0.286. The summed E-state index contributed by atoms with van der Waals surface area (Å²) in [6.07, 6.45) is 2.32. The van der Waals surface area contributed by atoms with Gasteiger partial charge < -0.3 is 0 Å². The van der Waals surface area contributed by atoms with E-state index in [1.54, 1.807) is 11.3 Å². The second-order valence-corrected chi connectivity index (χ2v) is 6.42. The predicted octanol–water partition coefficient (Wildman–Crippen LogP) is 3.75. The molecule has 4 heteroatoms. The Kier molecular flexibility index (Phi) is 3.52. The Morgan fingerprint density at radius 2 is 2.17 bits per heavy atom. The summed E-state index contributed by atoms with van der Waals surface area (Å²) in [4.78, 5) is 1.29. The number of halogens is 1. The molecule has 0 radical (unpaired) electrons. The molecule has 1 aromatic carbocycles. The minimum Gasteiger partial charge on any atom is -0.271 e. The zero-order valence-electron chi connectivity index (χ0n) is 9.90. The molecule has 0 bridgehead atoms. The van der Waals surface area contributed by atoms with Crippen LogP contribution in [-0.4, -0.2) is 0 Å². The molecule has 1 aliphatic rings. The number of hydrogen-bond acceptors (Lipinski definition) is 3. The molecule has 1 aliphatic carbocycles. The number of aryl methyl sites for hydroxylation is 1. The van der Waals surface area contributed by atoms with Gasteiger partial charge in [-0.2, -0.15) is 0 Å². The van der Waals surface area contributed by atoms with Crippen LogP contribution in [0, 0.1) is 0 Å². The average molecular weight is 323 g/mol. The van der Waals surface area contributed by atoms with Crippen LogP contribution in [0.5, 0.6) is 0 Å². The highest BCUT2D eigenvalue weighted by Gasteiger charge is 2.31. The van der Waals surface area contributed by atoms with E-state index in [0.29, 0.717) is 5.92 Å². The van der Waals surface area contributed by atoms with Gasteiger partial charge in [0.05, 0.1) is 6.04 Å². The third kappa shape index (κ3) is 2.03. The van der Waals surface area contributed by atoms with Crippen molar-refractivity contribution in [2.24, 2.45) is 5.84 Å². The molecule has 94 valence electrons. The third-order valence-corrected chi connectivity index (χ3v) is 5.64. The van der Waals surface area contributed by atoms with Gasteiger partial charge in [0.1, 0.15) is 0 Å². The van der Waals surface area contributed by atoms with Gasteiger partial charge in [-0.15, -0.1) is 11.3 Å². The van der Waals surface area contributed by atoms with Crippen molar-refractivity contribution in [1.29, 1.82) is 0 Å². The van der Waals surface area contributed by atoms with Crippen LogP contribution >= 0.6 is 27.3 Å². The molecule has 0 saturated heterocycles. The van der Waals surface area contributed by atoms with Crippen LogP contribution < -0.4 is 11.3 Å². The molecule has 2 nitrogen and oxygen atoms in total. The van der Waals surface area contributed by atoms with Gasteiger partial charge in [0.2, 0.25) is 0 Å². The predicted molar refractivity (Wildman–Crippen MR) is 79.6 cm³/mol. The molecule has 0 saturated carbocycles. The lowest BCUT2D eigenvalue weighted by atomic mass is 9.92. The summed E-state index contributed by atoms with van der Waals surface area (Å²) in [7, 11) is 0. The van der Waals surface area contributed by atoms with Crippen LogP contribution in [0.3, 0.4) is 0 Å². The Bertz CT molecular complexity index is 552. The fourth-order valence-corrected chi connectivity index (χ4v) is 4.58. The van der Waals surface area contributed by atoms with Gasteiger partial charge in [0.15, 0.2) is 0 Å². The molecular weight excluding hydrogens is 308 g/mol. The maximum absolute atomic E-state index is 5.81. The first-order valence-corrected chi connectivity index (χ1v) is 7.75. The molecule has 2 unspecified atom stereocenters. The quantitative estimate of drug-likeness (QED) is 0.667. The van der Waals surface area contributed by atoms with Gasteiger partial charge in [0, 0.05) is 15.3 Å². The highest BCUT2D eigenvalue weighted by atomic mass is 79.9. The van der Waals surface area contributed by atoms with Gasteiger partial charge in [-0.3, -0.25) is 11.3 Å². The van der Waals surface area contributed by atoms with Crippen LogP contribution in [0.1, 0.15) is 34.4 Å². The van der Waals surface area contributed by atoms with Gasteiger partial charge in [-0.05, 0) is 51.3 Å². The van der Waals surface area contributed by atoms with E-state index in [-0.39, 0.29) is 6.04 Å². The lowest BCUT2D eigenvalue weighted by molar-refractivity contribution is 0.458. The second kappa shape index (κ2) is 5.13. The van der Waals surface area contributed by atoms with E-state index in [1.807, 2.05) is 0 Å². The summed E-state index contributed by atoms with van der Waals surface area (Å²) in [6.45, 7) is 0. The van der Waals surface area contributed by atoms with Gasteiger partial charge >= 0.3 is 0 Å². The van der Waals surface area contributed by atoms with Crippen molar-refractivity contribution in [2.75, 3.05) is 0 Å². The Balaban J connectivity index is 1.98. The largest absolute Gasteiger partial charge is 0.271 e. The number of rotatable bonds is 3. The van der Waals surface area contributed by atoms with Crippen molar-refractivity contribution in [3.63, 3.8) is 0 Å². The van der Waals surface area contributed by atoms with Crippen molar-refractivity contribution in [3.05, 3.63) is 56.2 Å². The topological polar surface area (TPSA) is 38.0 Å². The highest BCUT2D eigenvalue weighted by molar-refractivity contribution is 9.10. The van der Waals surface area contributed by atoms with Crippen molar-refractivity contribution in [3.8, 4) is 0 Å². The SMILES string of the molecule is NNC(c1sccc1Br)C1CCc2ccccc21. The monoisotopic (exact) mass is 322 g/mol. The molecule has 0 aliphatic heterocycles. The molecule has 0 amide bonds. The number of benzene rings is 1. The first-order chi connectivity index (χ1) is 8.81. The summed E-state index contributed by atoms with van der Waals surface area (Å²) < 4.78 is 1.15. The van der Waals surface area contributed by atoms with E-state index in [9.17, 15) is 0 Å². The molecular formula is C14H15BrN2S. The van der Waals surface area contributed by atoms with E-state index < -0.39 is 0 Å². The smallest absolute Gasteiger partial charge is 0.0633 e. The van der Waals surface area contributed by atoms with E-state index in [2.05, 4.69) is 57.1 Å². The molecule has 18 heavy (non-hydrogen) atoms. The summed E-state index contributed by atoms with van der Waals surface area (Å²) in [5, 5.41) is 2.10. The van der Waals surface area contributed by atoms with Crippen LogP contribution in [0.25, 0.3) is 0 Å². The van der Waals surface area contributed by atoms with Crippen molar-refractivity contribution in [1.82, 2.24) is 5.43 Å². The highest BCUT2D eigenvalue weighted by Crippen LogP contribution is 2.44. The van der Waals surface area contributed by atoms with Crippen molar-refractivity contribution in [2.45, 2.75) is 24.8 Å². The Labute approximate surface area is 119 Å². The molecule has 2 aromatic rings. The third-order valence-electron chi connectivity index (χ3n) is 3.69. The number of nitrogens with two attached hydrogens (primary N) is 1. The zero-order chi connectivity index (χ0) is 12.5. The summed E-state index contributed by atoms with van der Waals surface area (Å²) in [6, 6.07) is 11.0. The lowest BCUT2D eigenvalue weighted by Crippen LogP contribution is -2.31. The zero-order valence-corrected chi connectivity index (χ0v) is 12.3. The Morgan fingerprint density at radius 3 is 2.89 bits per heavy atom. The molecule has 3 rings (SSSR count). The number of hydrazine groups is 1. The van der Waals surface area contributed by atoms with Gasteiger partial charge in [-0.1, -0.05) is 24.3 Å².